The van der Waals surface area contributed by atoms with Crippen molar-refractivity contribution in [3.63, 3.8) is 0 Å². The SMILES string of the molecule is Cc1csc2c(N3CCC(NCC#Cc4ccccc4)CC3)ncnc12. The molecule has 4 rings (SSSR count). The Hall–Kier alpha value is -2.42. The highest BCUT2D eigenvalue weighted by molar-refractivity contribution is 7.18. The van der Waals surface area contributed by atoms with E-state index in [0.717, 1.165) is 49.4 Å². The fourth-order valence-corrected chi connectivity index (χ4v) is 4.36. The molecule has 0 spiro atoms. The predicted octanol–water partition coefficient (Wildman–Crippen LogP) is 3.61. The zero-order valence-corrected chi connectivity index (χ0v) is 15.7. The second-order valence-corrected chi connectivity index (χ2v) is 7.48. The minimum Gasteiger partial charge on any atom is -0.355 e. The summed E-state index contributed by atoms with van der Waals surface area (Å²) in [4.78, 5) is 11.4. The van der Waals surface area contributed by atoms with Gasteiger partial charge >= 0.3 is 0 Å². The molecule has 0 bridgehead atoms. The van der Waals surface area contributed by atoms with Crippen molar-refractivity contribution in [2.75, 3.05) is 24.5 Å². The van der Waals surface area contributed by atoms with Crippen LogP contribution in [0, 0.1) is 18.8 Å². The largest absolute Gasteiger partial charge is 0.355 e. The lowest BCUT2D eigenvalue weighted by atomic mass is 10.1. The number of aryl methyl sites for hydroxylation is 1. The molecule has 3 aromatic rings. The van der Waals surface area contributed by atoms with Crippen LogP contribution in [-0.2, 0) is 0 Å². The number of hydrogen-bond acceptors (Lipinski definition) is 5. The number of nitrogens with zero attached hydrogens (tertiary/aromatic N) is 3. The van der Waals surface area contributed by atoms with Gasteiger partial charge < -0.3 is 10.2 Å². The van der Waals surface area contributed by atoms with E-state index < -0.39 is 0 Å². The highest BCUT2D eigenvalue weighted by atomic mass is 32.1. The van der Waals surface area contributed by atoms with Crippen molar-refractivity contribution in [2.24, 2.45) is 0 Å². The molecule has 1 aliphatic rings. The predicted molar refractivity (Wildman–Crippen MR) is 109 cm³/mol. The molecule has 1 saturated heterocycles. The number of benzene rings is 1. The molecule has 0 aliphatic carbocycles. The van der Waals surface area contributed by atoms with Crippen LogP contribution in [0.3, 0.4) is 0 Å². The Bertz CT molecular complexity index is 931. The molecule has 0 atom stereocenters. The summed E-state index contributed by atoms with van der Waals surface area (Å²) in [6.45, 7) is 4.89. The Morgan fingerprint density at radius 1 is 1.19 bits per heavy atom. The summed E-state index contributed by atoms with van der Waals surface area (Å²) < 4.78 is 1.21. The third-order valence-corrected chi connectivity index (χ3v) is 5.88. The normalized spacial score (nSPS) is 15.0. The van der Waals surface area contributed by atoms with Crippen molar-refractivity contribution >= 4 is 27.4 Å². The van der Waals surface area contributed by atoms with E-state index in [4.69, 9.17) is 0 Å². The average Bonchev–Trinajstić information content (AvgIpc) is 3.08. The Kier molecular flexibility index (Phi) is 5.14. The van der Waals surface area contributed by atoms with E-state index in [9.17, 15) is 0 Å². The van der Waals surface area contributed by atoms with Crippen molar-refractivity contribution in [1.29, 1.82) is 0 Å². The summed E-state index contributed by atoms with van der Waals surface area (Å²) in [5, 5.41) is 5.74. The number of nitrogens with one attached hydrogen (secondary N) is 1. The Morgan fingerprint density at radius 2 is 2.00 bits per heavy atom. The van der Waals surface area contributed by atoms with Crippen LogP contribution in [0.1, 0.15) is 24.0 Å². The van der Waals surface area contributed by atoms with Crippen molar-refractivity contribution in [3.8, 4) is 11.8 Å². The smallest absolute Gasteiger partial charge is 0.150 e. The summed E-state index contributed by atoms with van der Waals surface area (Å²) in [5.41, 5.74) is 3.40. The minimum atomic E-state index is 0.527. The monoisotopic (exact) mass is 362 g/mol. The molecule has 4 nitrogen and oxygen atoms in total. The van der Waals surface area contributed by atoms with Gasteiger partial charge in [-0.3, -0.25) is 0 Å². The fraction of sp³-hybridized carbons (Fsp3) is 0.333. The van der Waals surface area contributed by atoms with Gasteiger partial charge in [-0.15, -0.1) is 11.3 Å². The number of anilines is 1. The summed E-state index contributed by atoms with van der Waals surface area (Å²) in [6.07, 6.45) is 3.92. The van der Waals surface area contributed by atoms with Crippen molar-refractivity contribution < 1.29 is 0 Å². The zero-order chi connectivity index (χ0) is 17.8. The Balaban J connectivity index is 1.32. The van der Waals surface area contributed by atoms with Crippen LogP contribution in [0.4, 0.5) is 5.82 Å². The van der Waals surface area contributed by atoms with Gasteiger partial charge in [-0.25, -0.2) is 9.97 Å². The lowest BCUT2D eigenvalue weighted by Gasteiger charge is -2.33. The molecule has 2 aromatic heterocycles. The number of aromatic nitrogens is 2. The molecule has 132 valence electrons. The first-order chi connectivity index (χ1) is 12.8. The Labute approximate surface area is 158 Å². The molecule has 1 fully saturated rings. The molecule has 5 heteroatoms. The van der Waals surface area contributed by atoms with Crippen LogP contribution in [0.15, 0.2) is 42.0 Å². The second kappa shape index (κ2) is 7.86. The number of fused-ring (bicyclic) bond motifs is 1. The molecule has 0 saturated carbocycles. The summed E-state index contributed by atoms with van der Waals surface area (Å²) in [6, 6.07) is 10.7. The molecule has 1 N–H and O–H groups in total. The van der Waals surface area contributed by atoms with E-state index in [-0.39, 0.29) is 0 Å². The van der Waals surface area contributed by atoms with Gasteiger partial charge in [-0.1, -0.05) is 30.0 Å². The third-order valence-electron chi connectivity index (χ3n) is 4.79. The summed E-state index contributed by atoms with van der Waals surface area (Å²) >= 11 is 1.75. The topological polar surface area (TPSA) is 41.0 Å². The first-order valence-electron chi connectivity index (χ1n) is 9.02. The van der Waals surface area contributed by atoms with E-state index in [1.54, 1.807) is 17.7 Å². The molecule has 1 aromatic carbocycles. The van der Waals surface area contributed by atoms with Crippen LogP contribution in [0.2, 0.25) is 0 Å². The van der Waals surface area contributed by atoms with Gasteiger partial charge in [0.05, 0.1) is 16.8 Å². The van der Waals surface area contributed by atoms with Gasteiger partial charge in [-0.2, -0.15) is 0 Å². The summed E-state index contributed by atoms with van der Waals surface area (Å²) in [7, 11) is 0. The van der Waals surface area contributed by atoms with Crippen molar-refractivity contribution in [1.82, 2.24) is 15.3 Å². The van der Waals surface area contributed by atoms with Crippen LogP contribution in [-0.4, -0.2) is 35.6 Å². The molecular weight excluding hydrogens is 340 g/mol. The van der Waals surface area contributed by atoms with Gasteiger partial charge in [0.1, 0.15) is 12.1 Å². The maximum atomic E-state index is 4.56. The number of rotatable bonds is 3. The first-order valence-corrected chi connectivity index (χ1v) is 9.90. The average molecular weight is 363 g/mol. The molecule has 0 radical (unpaired) electrons. The van der Waals surface area contributed by atoms with Gasteiger partial charge in [0, 0.05) is 24.7 Å². The van der Waals surface area contributed by atoms with Crippen LogP contribution in [0.5, 0.6) is 0 Å². The Morgan fingerprint density at radius 3 is 2.81 bits per heavy atom. The van der Waals surface area contributed by atoms with Gasteiger partial charge in [0.25, 0.3) is 0 Å². The molecule has 26 heavy (non-hydrogen) atoms. The van der Waals surface area contributed by atoms with Crippen LogP contribution >= 0.6 is 11.3 Å². The van der Waals surface area contributed by atoms with Gasteiger partial charge in [-0.05, 0) is 42.8 Å². The molecule has 0 unspecified atom stereocenters. The highest BCUT2D eigenvalue weighted by Gasteiger charge is 2.21. The van der Waals surface area contributed by atoms with Gasteiger partial charge in [0.2, 0.25) is 0 Å². The number of thiophene rings is 1. The van der Waals surface area contributed by atoms with Crippen molar-refractivity contribution in [3.05, 3.63) is 53.2 Å². The molecule has 1 aliphatic heterocycles. The number of hydrogen-bond donors (Lipinski definition) is 1. The minimum absolute atomic E-state index is 0.527. The zero-order valence-electron chi connectivity index (χ0n) is 14.9. The lowest BCUT2D eigenvalue weighted by molar-refractivity contribution is 0.431. The fourth-order valence-electron chi connectivity index (χ4n) is 3.34. The standard InChI is InChI=1S/C21H22N4S/c1-16-14-26-20-19(16)23-15-24-21(20)25-12-9-18(10-13-25)22-11-5-8-17-6-3-2-4-7-17/h2-4,6-7,14-15,18,22H,9-13H2,1H3. The van der Waals surface area contributed by atoms with E-state index >= 15 is 0 Å². The summed E-state index contributed by atoms with van der Waals surface area (Å²) in [5.74, 6) is 7.52. The maximum Gasteiger partial charge on any atom is 0.150 e. The van der Waals surface area contributed by atoms with E-state index in [2.05, 4.69) is 44.3 Å². The van der Waals surface area contributed by atoms with Crippen molar-refractivity contribution in [2.45, 2.75) is 25.8 Å². The van der Waals surface area contributed by atoms with Crippen LogP contribution < -0.4 is 10.2 Å². The lowest BCUT2D eigenvalue weighted by Crippen LogP contribution is -2.43. The quantitative estimate of drug-likeness (QED) is 0.723. The second-order valence-electron chi connectivity index (χ2n) is 6.60. The molecular formula is C21H22N4S. The molecule has 0 amide bonds. The van der Waals surface area contributed by atoms with E-state index in [1.807, 2.05) is 30.3 Å². The highest BCUT2D eigenvalue weighted by Crippen LogP contribution is 2.32. The van der Waals surface area contributed by atoms with E-state index in [1.165, 1.54) is 10.3 Å². The molecule has 3 heterocycles. The maximum absolute atomic E-state index is 4.56. The van der Waals surface area contributed by atoms with Crippen LogP contribution in [0.25, 0.3) is 10.2 Å². The number of piperidine rings is 1. The van der Waals surface area contributed by atoms with E-state index in [0.29, 0.717) is 6.04 Å². The third kappa shape index (κ3) is 3.72. The first kappa shape index (κ1) is 17.0. The van der Waals surface area contributed by atoms with Gasteiger partial charge in [0.15, 0.2) is 0 Å².